The van der Waals surface area contributed by atoms with Crippen LogP contribution in [0.1, 0.15) is 34.6 Å². The Labute approximate surface area is 182 Å². The third-order valence-electron chi connectivity index (χ3n) is 5.86. The van der Waals surface area contributed by atoms with E-state index < -0.39 is 11.9 Å². The second kappa shape index (κ2) is 6.99. The molecule has 0 fully saturated rings. The van der Waals surface area contributed by atoms with Crippen molar-refractivity contribution in [2.75, 3.05) is 6.61 Å². The molecule has 0 atom stereocenters. The van der Waals surface area contributed by atoms with E-state index in [-0.39, 0.29) is 40.5 Å². The lowest BCUT2D eigenvalue weighted by Crippen LogP contribution is -2.10. The first-order valence-electron chi connectivity index (χ1n) is 10.3. The highest BCUT2D eigenvalue weighted by molar-refractivity contribution is 6.36. The zero-order valence-electron chi connectivity index (χ0n) is 17.5. The molecule has 6 heteroatoms. The Morgan fingerprint density at radius 3 is 1.62 bits per heavy atom. The average Bonchev–Trinajstić information content (AvgIpc) is 2.77. The van der Waals surface area contributed by atoms with Crippen LogP contribution in [-0.2, 0) is 4.74 Å². The number of carboxylic acids is 1. The number of rotatable bonds is 4. The van der Waals surface area contributed by atoms with Crippen LogP contribution in [-0.4, -0.2) is 33.9 Å². The molecule has 0 aliphatic rings. The van der Waals surface area contributed by atoms with Gasteiger partial charge in [-0.3, -0.25) is 0 Å². The highest BCUT2D eigenvalue weighted by atomic mass is 16.5. The number of esters is 1. The molecule has 0 aliphatic heterocycles. The van der Waals surface area contributed by atoms with Crippen molar-refractivity contribution in [3.8, 4) is 11.5 Å². The van der Waals surface area contributed by atoms with Crippen molar-refractivity contribution in [3.63, 3.8) is 0 Å². The van der Waals surface area contributed by atoms with E-state index in [0.29, 0.717) is 16.2 Å². The summed E-state index contributed by atoms with van der Waals surface area (Å²) in [6.07, 6.45) is 0. The molecule has 0 bridgehead atoms. The van der Waals surface area contributed by atoms with Crippen molar-refractivity contribution >= 4 is 55.0 Å². The molecule has 0 saturated carbocycles. The summed E-state index contributed by atoms with van der Waals surface area (Å²) < 4.78 is 5.42. The average molecular weight is 428 g/mol. The highest BCUT2D eigenvalue weighted by Crippen LogP contribution is 2.46. The number of aromatic hydroxyl groups is 2. The van der Waals surface area contributed by atoms with Crippen LogP contribution in [0.4, 0.5) is 0 Å². The number of benzene rings is 5. The summed E-state index contributed by atoms with van der Waals surface area (Å²) in [5, 5.41) is 35.8. The third kappa shape index (κ3) is 2.73. The Hall–Kier alpha value is -4.06. The van der Waals surface area contributed by atoms with Gasteiger partial charge in [-0.25, -0.2) is 9.59 Å². The Kier molecular flexibility index (Phi) is 4.34. The van der Waals surface area contributed by atoms with Crippen LogP contribution >= 0.6 is 0 Å². The van der Waals surface area contributed by atoms with E-state index in [1.807, 2.05) is 13.8 Å². The largest absolute Gasteiger partial charge is 0.507 e. The monoisotopic (exact) mass is 428 g/mol. The number of carbonyl (C=O) groups excluding carboxylic acids is 1. The molecular formula is C26H20O6. The summed E-state index contributed by atoms with van der Waals surface area (Å²) >= 11 is 0. The summed E-state index contributed by atoms with van der Waals surface area (Å²) in [6, 6.07) is 13.0. The van der Waals surface area contributed by atoms with Crippen LogP contribution in [0, 0.1) is 5.92 Å². The van der Waals surface area contributed by atoms with Crippen LogP contribution in [0.25, 0.3) is 43.1 Å². The van der Waals surface area contributed by atoms with Crippen molar-refractivity contribution < 1.29 is 29.6 Å². The lowest BCUT2D eigenvalue weighted by Gasteiger charge is -2.18. The molecule has 0 amide bonds. The van der Waals surface area contributed by atoms with Crippen molar-refractivity contribution in [1.82, 2.24) is 0 Å². The first-order chi connectivity index (χ1) is 15.3. The van der Waals surface area contributed by atoms with Gasteiger partial charge in [-0.1, -0.05) is 38.1 Å². The zero-order valence-corrected chi connectivity index (χ0v) is 17.5. The maximum Gasteiger partial charge on any atom is 0.338 e. The number of phenolic OH excluding ortho intramolecular Hbond substituents is 2. The van der Waals surface area contributed by atoms with E-state index in [2.05, 4.69) is 0 Å². The van der Waals surface area contributed by atoms with E-state index in [4.69, 9.17) is 4.74 Å². The topological polar surface area (TPSA) is 104 Å². The lowest BCUT2D eigenvalue weighted by atomic mass is 9.86. The van der Waals surface area contributed by atoms with Gasteiger partial charge in [-0.05, 0) is 51.7 Å². The third-order valence-corrected chi connectivity index (χ3v) is 5.86. The molecule has 3 N–H and O–H groups in total. The van der Waals surface area contributed by atoms with E-state index in [1.54, 1.807) is 30.3 Å². The molecule has 0 radical (unpaired) electrons. The summed E-state index contributed by atoms with van der Waals surface area (Å²) in [6.45, 7) is 4.16. The van der Waals surface area contributed by atoms with Crippen LogP contribution < -0.4 is 0 Å². The molecule has 32 heavy (non-hydrogen) atoms. The van der Waals surface area contributed by atoms with Gasteiger partial charge in [0.15, 0.2) is 0 Å². The predicted octanol–water partition coefficient (Wildman–Crippen LogP) is 5.66. The number of carboxylic acid groups (broad SMARTS) is 1. The van der Waals surface area contributed by atoms with Gasteiger partial charge in [0.1, 0.15) is 11.5 Å². The van der Waals surface area contributed by atoms with Gasteiger partial charge in [-0.15, -0.1) is 0 Å². The highest BCUT2D eigenvalue weighted by Gasteiger charge is 2.23. The van der Waals surface area contributed by atoms with Gasteiger partial charge in [0.25, 0.3) is 0 Å². The minimum absolute atomic E-state index is 0.00968. The molecule has 6 nitrogen and oxygen atoms in total. The minimum atomic E-state index is -1.13. The van der Waals surface area contributed by atoms with Gasteiger partial charge in [0, 0.05) is 21.5 Å². The normalized spacial score (nSPS) is 11.8. The predicted molar refractivity (Wildman–Crippen MR) is 123 cm³/mol. The zero-order chi connectivity index (χ0) is 22.7. The van der Waals surface area contributed by atoms with Gasteiger partial charge >= 0.3 is 11.9 Å². The molecule has 0 unspecified atom stereocenters. The van der Waals surface area contributed by atoms with Crippen molar-refractivity contribution in [3.05, 3.63) is 59.7 Å². The Bertz CT molecular complexity index is 1540. The van der Waals surface area contributed by atoms with Gasteiger partial charge in [0.2, 0.25) is 0 Å². The molecule has 5 rings (SSSR count). The maximum absolute atomic E-state index is 12.8. The first-order valence-corrected chi connectivity index (χ1v) is 10.3. The summed E-state index contributed by atoms with van der Waals surface area (Å²) in [7, 11) is 0. The van der Waals surface area contributed by atoms with E-state index in [0.717, 1.165) is 21.5 Å². The van der Waals surface area contributed by atoms with E-state index in [1.165, 1.54) is 18.2 Å². The van der Waals surface area contributed by atoms with Crippen molar-refractivity contribution in [1.29, 1.82) is 0 Å². The first kappa shape index (κ1) is 19.9. The quantitative estimate of drug-likeness (QED) is 0.194. The second-order valence-electron chi connectivity index (χ2n) is 8.38. The fraction of sp³-hybridized carbons (Fsp3) is 0.154. The molecular weight excluding hydrogens is 408 g/mol. The maximum atomic E-state index is 12.8. The standard InChI is InChI=1S/C26H20O6/c1-12(2)11-32-26(31)18-6-4-14-13-3-5-17(25(29)30)23-19(27)9-7-15(21(13)23)16-8-10-20(28)24(18)22(14)16/h3-10,12,27-28H,11H2,1-2H3,(H,29,30). The molecule has 160 valence electrons. The van der Waals surface area contributed by atoms with E-state index >= 15 is 0 Å². The van der Waals surface area contributed by atoms with Crippen LogP contribution in [0.3, 0.4) is 0 Å². The lowest BCUT2D eigenvalue weighted by molar-refractivity contribution is 0.0460. The van der Waals surface area contributed by atoms with Crippen LogP contribution in [0.5, 0.6) is 11.5 Å². The summed E-state index contributed by atoms with van der Waals surface area (Å²) in [4.78, 5) is 24.6. The van der Waals surface area contributed by atoms with Crippen LogP contribution in [0.2, 0.25) is 0 Å². The molecule has 5 aromatic carbocycles. The number of ether oxygens (including phenoxy) is 1. The fourth-order valence-corrected chi connectivity index (χ4v) is 4.52. The number of aromatic carboxylic acids is 1. The SMILES string of the molecule is CC(C)COC(=O)c1ccc2c3ccc(C(=O)O)c4c(O)ccc(c5ccc(O)c1c52)c43. The number of phenols is 2. The molecule has 5 aromatic rings. The van der Waals surface area contributed by atoms with Gasteiger partial charge in [0.05, 0.1) is 17.7 Å². The number of hydrogen-bond acceptors (Lipinski definition) is 5. The molecule has 0 aliphatic carbocycles. The minimum Gasteiger partial charge on any atom is -0.507 e. The van der Waals surface area contributed by atoms with Crippen LogP contribution in [0.15, 0.2) is 48.5 Å². The summed E-state index contributed by atoms with van der Waals surface area (Å²) in [5.74, 6) is -1.62. The Morgan fingerprint density at radius 1 is 0.719 bits per heavy atom. The second-order valence-corrected chi connectivity index (χ2v) is 8.38. The van der Waals surface area contributed by atoms with Crippen molar-refractivity contribution in [2.45, 2.75) is 13.8 Å². The fourth-order valence-electron chi connectivity index (χ4n) is 4.52. The molecule has 0 saturated heterocycles. The smallest absolute Gasteiger partial charge is 0.338 e. The Balaban J connectivity index is 1.95. The van der Waals surface area contributed by atoms with Crippen molar-refractivity contribution in [2.24, 2.45) is 5.92 Å². The molecule has 0 spiro atoms. The van der Waals surface area contributed by atoms with Gasteiger partial charge in [-0.2, -0.15) is 0 Å². The number of fused-ring (bicyclic) bond motifs is 2. The molecule has 0 heterocycles. The summed E-state index contributed by atoms with van der Waals surface area (Å²) in [5.41, 5.74) is 0.278. The Morgan fingerprint density at radius 2 is 1.16 bits per heavy atom. The van der Waals surface area contributed by atoms with Gasteiger partial charge < -0.3 is 20.1 Å². The molecule has 0 aromatic heterocycles. The number of hydrogen-bond donors (Lipinski definition) is 3. The van der Waals surface area contributed by atoms with E-state index in [9.17, 15) is 24.9 Å². The number of carbonyl (C=O) groups is 2.